The molecule has 10 heteroatoms. The number of hydrogen-bond acceptors (Lipinski definition) is 6. The van der Waals surface area contributed by atoms with Crippen molar-refractivity contribution in [3.05, 3.63) is 42.0 Å². The van der Waals surface area contributed by atoms with E-state index in [0.29, 0.717) is 25.1 Å². The molecule has 200 valence electrons. The van der Waals surface area contributed by atoms with Crippen molar-refractivity contribution in [3.8, 4) is 0 Å². The number of esters is 1. The van der Waals surface area contributed by atoms with Crippen LogP contribution in [0.2, 0.25) is 0 Å². The summed E-state index contributed by atoms with van der Waals surface area (Å²) in [5.41, 5.74) is 0.517. The predicted molar refractivity (Wildman–Crippen MR) is 137 cm³/mol. The minimum Gasteiger partial charge on any atom is -0.463 e. The Labute approximate surface area is 217 Å². The lowest BCUT2D eigenvalue weighted by molar-refractivity contribution is -0.137. The van der Waals surface area contributed by atoms with E-state index in [9.17, 15) is 24.0 Å². The number of nitrogens with one attached hydrogen (secondary N) is 4. The first-order valence-electron chi connectivity index (χ1n) is 13.0. The van der Waals surface area contributed by atoms with Crippen molar-refractivity contribution < 1.29 is 28.7 Å². The van der Waals surface area contributed by atoms with Gasteiger partial charge in [0.2, 0.25) is 17.7 Å². The second kappa shape index (κ2) is 14.2. The summed E-state index contributed by atoms with van der Waals surface area (Å²) in [6.07, 6.45) is 8.56. The van der Waals surface area contributed by atoms with Crippen molar-refractivity contribution in [1.29, 1.82) is 0 Å². The van der Waals surface area contributed by atoms with Gasteiger partial charge in [-0.05, 0) is 44.7 Å². The van der Waals surface area contributed by atoms with Gasteiger partial charge in [0, 0.05) is 30.5 Å². The molecule has 0 spiro atoms. The molecule has 10 nitrogen and oxygen atoms in total. The van der Waals surface area contributed by atoms with E-state index in [2.05, 4.69) is 21.3 Å². The third kappa shape index (κ3) is 8.73. The van der Waals surface area contributed by atoms with E-state index in [-0.39, 0.29) is 42.4 Å². The smallest absolute Gasteiger partial charge is 0.330 e. The van der Waals surface area contributed by atoms with Crippen molar-refractivity contribution in [2.24, 2.45) is 11.8 Å². The van der Waals surface area contributed by atoms with Gasteiger partial charge in [-0.3, -0.25) is 19.2 Å². The van der Waals surface area contributed by atoms with E-state index in [1.54, 1.807) is 31.2 Å². The molecule has 1 saturated heterocycles. The summed E-state index contributed by atoms with van der Waals surface area (Å²) in [5, 5.41) is 11.0. The number of hydrogen-bond donors (Lipinski definition) is 4. The molecule has 1 saturated carbocycles. The van der Waals surface area contributed by atoms with Crippen LogP contribution >= 0.6 is 0 Å². The monoisotopic (exact) mass is 512 g/mol. The number of carbonyl (C=O) groups is 5. The van der Waals surface area contributed by atoms with Gasteiger partial charge < -0.3 is 26.0 Å². The molecule has 1 aliphatic carbocycles. The van der Waals surface area contributed by atoms with Gasteiger partial charge in [0.05, 0.1) is 24.4 Å². The summed E-state index contributed by atoms with van der Waals surface area (Å²) in [5.74, 6) is -2.01. The van der Waals surface area contributed by atoms with Crippen LogP contribution < -0.4 is 21.3 Å². The lowest BCUT2D eigenvalue weighted by atomic mass is 9.89. The Balaban J connectivity index is 1.63. The van der Waals surface area contributed by atoms with E-state index < -0.39 is 23.8 Å². The average molecular weight is 513 g/mol. The van der Waals surface area contributed by atoms with Crippen LogP contribution in [-0.4, -0.2) is 55.3 Å². The normalized spacial score (nSPS) is 18.6. The Hall–Kier alpha value is -3.69. The molecule has 0 bridgehead atoms. The van der Waals surface area contributed by atoms with Crippen molar-refractivity contribution in [2.75, 3.05) is 25.0 Å². The Bertz CT molecular complexity index is 1020. The maximum absolute atomic E-state index is 13.2. The van der Waals surface area contributed by atoms with Gasteiger partial charge >= 0.3 is 5.97 Å². The lowest BCUT2D eigenvalue weighted by Gasteiger charge is -2.21. The molecule has 2 atom stereocenters. The van der Waals surface area contributed by atoms with E-state index >= 15 is 0 Å². The van der Waals surface area contributed by atoms with Crippen LogP contribution in [0.25, 0.3) is 0 Å². The number of ether oxygens (including phenoxy) is 1. The standard InChI is InChI=1S/C27H36N4O6/c1-2-37-24(33)13-12-20(16-19-14-15-28-26(19)35)30-27(36)21-10-6-7-11-22(21)31-23(32)17-29-25(34)18-8-4-3-5-9-18/h6-7,10-13,18-20H,2-5,8-9,14-17H2,1H3,(H,28,35)(H,29,34)(H,30,36)(H,31,32)/b13-12+/t19?,20-/m1/s1. The highest BCUT2D eigenvalue weighted by Crippen LogP contribution is 2.23. The van der Waals surface area contributed by atoms with Crippen molar-refractivity contribution in [1.82, 2.24) is 16.0 Å². The van der Waals surface area contributed by atoms with Crippen LogP contribution in [0, 0.1) is 11.8 Å². The second-order valence-electron chi connectivity index (χ2n) is 9.35. The van der Waals surface area contributed by atoms with Crippen LogP contribution in [0.1, 0.15) is 62.2 Å². The molecule has 37 heavy (non-hydrogen) atoms. The first-order chi connectivity index (χ1) is 17.9. The Kier molecular flexibility index (Phi) is 10.7. The molecule has 1 aromatic carbocycles. The Morgan fingerprint density at radius 2 is 1.86 bits per heavy atom. The Morgan fingerprint density at radius 1 is 1.11 bits per heavy atom. The highest BCUT2D eigenvalue weighted by atomic mass is 16.5. The van der Waals surface area contributed by atoms with E-state index in [1.165, 1.54) is 12.2 Å². The number of rotatable bonds is 11. The zero-order valence-electron chi connectivity index (χ0n) is 21.2. The molecule has 2 fully saturated rings. The number of carbonyl (C=O) groups excluding carboxylic acids is 5. The number of para-hydroxylation sites is 1. The average Bonchev–Trinajstić information content (AvgIpc) is 3.30. The molecular weight excluding hydrogens is 476 g/mol. The van der Waals surface area contributed by atoms with Gasteiger partial charge in [-0.2, -0.15) is 0 Å². The quantitative estimate of drug-likeness (QED) is 0.264. The molecular formula is C27H36N4O6. The van der Waals surface area contributed by atoms with Gasteiger partial charge in [-0.15, -0.1) is 0 Å². The molecule has 1 unspecified atom stereocenters. The third-order valence-corrected chi connectivity index (χ3v) is 6.61. The molecule has 4 amide bonds. The fourth-order valence-electron chi connectivity index (χ4n) is 4.65. The minimum atomic E-state index is -0.607. The molecule has 0 radical (unpaired) electrons. The van der Waals surface area contributed by atoms with E-state index in [4.69, 9.17) is 4.74 Å². The van der Waals surface area contributed by atoms with Gasteiger partial charge in [0.25, 0.3) is 5.91 Å². The van der Waals surface area contributed by atoms with Crippen LogP contribution in [0.15, 0.2) is 36.4 Å². The molecule has 3 rings (SSSR count). The largest absolute Gasteiger partial charge is 0.463 e. The van der Waals surface area contributed by atoms with E-state index in [0.717, 1.165) is 32.1 Å². The van der Waals surface area contributed by atoms with Crippen molar-refractivity contribution in [2.45, 2.75) is 57.9 Å². The minimum absolute atomic E-state index is 0.0545. The van der Waals surface area contributed by atoms with E-state index in [1.807, 2.05) is 0 Å². The van der Waals surface area contributed by atoms with Crippen LogP contribution in [0.4, 0.5) is 5.69 Å². The highest BCUT2D eigenvalue weighted by Gasteiger charge is 2.28. The highest BCUT2D eigenvalue weighted by molar-refractivity contribution is 6.04. The summed E-state index contributed by atoms with van der Waals surface area (Å²) >= 11 is 0. The van der Waals surface area contributed by atoms with Crippen molar-refractivity contribution in [3.63, 3.8) is 0 Å². The molecule has 1 aliphatic heterocycles. The van der Waals surface area contributed by atoms with Crippen molar-refractivity contribution >= 4 is 35.3 Å². The number of amides is 4. The summed E-state index contributed by atoms with van der Waals surface area (Å²) in [7, 11) is 0. The first-order valence-corrected chi connectivity index (χ1v) is 13.0. The first kappa shape index (κ1) is 27.9. The molecule has 4 N–H and O–H groups in total. The SMILES string of the molecule is CCOC(=O)/C=C/[C@H](CC1CCNC1=O)NC(=O)c1ccccc1NC(=O)CNC(=O)C1CCCCC1. The van der Waals surface area contributed by atoms with Gasteiger partial charge in [-0.1, -0.05) is 37.5 Å². The van der Waals surface area contributed by atoms with Crippen LogP contribution in [0.5, 0.6) is 0 Å². The molecule has 2 aliphatic rings. The van der Waals surface area contributed by atoms with Gasteiger partial charge in [-0.25, -0.2) is 4.79 Å². The fourth-order valence-corrected chi connectivity index (χ4v) is 4.65. The second-order valence-corrected chi connectivity index (χ2v) is 9.35. The third-order valence-electron chi connectivity index (χ3n) is 6.61. The van der Waals surface area contributed by atoms with Crippen LogP contribution in [0.3, 0.4) is 0 Å². The van der Waals surface area contributed by atoms with Gasteiger partial charge in [0.15, 0.2) is 0 Å². The lowest BCUT2D eigenvalue weighted by Crippen LogP contribution is -2.38. The zero-order valence-corrected chi connectivity index (χ0v) is 21.2. The summed E-state index contributed by atoms with van der Waals surface area (Å²) in [6, 6.07) is 5.92. The molecule has 1 aromatic rings. The number of anilines is 1. The zero-order chi connectivity index (χ0) is 26.6. The summed E-state index contributed by atoms with van der Waals surface area (Å²) in [4.78, 5) is 61.9. The van der Waals surface area contributed by atoms with Gasteiger partial charge in [0.1, 0.15) is 0 Å². The summed E-state index contributed by atoms with van der Waals surface area (Å²) < 4.78 is 4.92. The van der Waals surface area contributed by atoms with Crippen LogP contribution in [-0.2, 0) is 23.9 Å². The maximum Gasteiger partial charge on any atom is 0.330 e. The number of benzene rings is 1. The molecule has 1 heterocycles. The predicted octanol–water partition coefficient (Wildman–Crippen LogP) is 2.07. The summed E-state index contributed by atoms with van der Waals surface area (Å²) in [6.45, 7) is 2.30. The maximum atomic E-state index is 13.2. The topological polar surface area (TPSA) is 143 Å². The fraction of sp³-hybridized carbons (Fsp3) is 0.519. The Morgan fingerprint density at radius 3 is 2.57 bits per heavy atom. The molecule has 0 aromatic heterocycles.